The SMILES string of the molecule is C/C=C/C=C/CO[C@H]1CC[C@H](C2CCC(CCCCC)CC2)CC1. The second-order valence-corrected chi connectivity index (χ2v) is 8.10. The lowest BCUT2D eigenvalue weighted by Gasteiger charge is -2.37. The molecule has 2 saturated carbocycles. The van der Waals surface area contributed by atoms with Crippen LogP contribution in [0.2, 0.25) is 0 Å². The van der Waals surface area contributed by atoms with Gasteiger partial charge in [0.05, 0.1) is 12.7 Å². The van der Waals surface area contributed by atoms with Crippen LogP contribution in [0, 0.1) is 17.8 Å². The van der Waals surface area contributed by atoms with E-state index >= 15 is 0 Å². The highest BCUT2D eigenvalue weighted by molar-refractivity contribution is 5.01. The third-order valence-electron chi connectivity index (χ3n) is 6.36. The van der Waals surface area contributed by atoms with E-state index in [4.69, 9.17) is 4.74 Å². The van der Waals surface area contributed by atoms with Crippen LogP contribution < -0.4 is 0 Å². The van der Waals surface area contributed by atoms with Crippen LogP contribution in [-0.2, 0) is 4.74 Å². The molecule has 1 nitrogen and oxygen atoms in total. The van der Waals surface area contributed by atoms with Crippen LogP contribution in [0.4, 0.5) is 0 Å². The molecule has 0 unspecified atom stereocenters. The minimum atomic E-state index is 0.516. The fourth-order valence-electron chi connectivity index (χ4n) is 4.79. The van der Waals surface area contributed by atoms with E-state index in [1.165, 1.54) is 77.0 Å². The van der Waals surface area contributed by atoms with Crippen LogP contribution in [-0.4, -0.2) is 12.7 Å². The molecule has 0 aromatic carbocycles. The van der Waals surface area contributed by atoms with Crippen molar-refractivity contribution in [2.75, 3.05) is 6.61 Å². The van der Waals surface area contributed by atoms with Crippen molar-refractivity contribution >= 4 is 0 Å². The molecular weight excluding hydrogens is 292 g/mol. The summed E-state index contributed by atoms with van der Waals surface area (Å²) >= 11 is 0. The molecule has 0 aliphatic heterocycles. The van der Waals surface area contributed by atoms with Crippen molar-refractivity contribution in [2.24, 2.45) is 17.8 Å². The van der Waals surface area contributed by atoms with Gasteiger partial charge in [0.15, 0.2) is 0 Å². The average molecular weight is 333 g/mol. The minimum absolute atomic E-state index is 0.516. The highest BCUT2D eigenvalue weighted by Gasteiger charge is 2.30. The molecule has 0 bridgehead atoms. The van der Waals surface area contributed by atoms with Gasteiger partial charge >= 0.3 is 0 Å². The first-order valence-corrected chi connectivity index (χ1v) is 10.7. The van der Waals surface area contributed by atoms with Crippen LogP contribution in [0.1, 0.15) is 90.9 Å². The first-order chi connectivity index (χ1) is 11.8. The van der Waals surface area contributed by atoms with Gasteiger partial charge in [-0.25, -0.2) is 0 Å². The summed E-state index contributed by atoms with van der Waals surface area (Å²) < 4.78 is 6.02. The highest BCUT2D eigenvalue weighted by Crippen LogP contribution is 2.41. The highest BCUT2D eigenvalue weighted by atomic mass is 16.5. The van der Waals surface area contributed by atoms with E-state index in [9.17, 15) is 0 Å². The smallest absolute Gasteiger partial charge is 0.0654 e. The summed E-state index contributed by atoms with van der Waals surface area (Å²) in [6.07, 6.45) is 26.1. The Morgan fingerprint density at radius 2 is 1.50 bits per heavy atom. The van der Waals surface area contributed by atoms with Crippen molar-refractivity contribution < 1.29 is 4.74 Å². The number of ether oxygens (including phenoxy) is 1. The lowest BCUT2D eigenvalue weighted by Crippen LogP contribution is -2.28. The van der Waals surface area contributed by atoms with E-state index in [0.29, 0.717) is 6.10 Å². The van der Waals surface area contributed by atoms with Gasteiger partial charge in [0.25, 0.3) is 0 Å². The standard InChI is InChI=1S/C23H40O/c1-3-5-7-9-19-24-23-17-15-22(16-18-23)21-13-11-20(12-14-21)10-8-6-4-2/h3,5,7,9,20-23H,4,6,8,10-19H2,1-2H3/b5-3+,9-7+/t20?,21?,22-,23-. The Labute approximate surface area is 150 Å². The molecule has 138 valence electrons. The van der Waals surface area contributed by atoms with Crippen molar-refractivity contribution in [3.05, 3.63) is 24.3 Å². The van der Waals surface area contributed by atoms with E-state index in [2.05, 4.69) is 31.2 Å². The van der Waals surface area contributed by atoms with Crippen LogP contribution in [0.25, 0.3) is 0 Å². The normalized spacial score (nSPS) is 31.9. The predicted octanol–water partition coefficient (Wildman–Crippen LogP) is 7.08. The molecule has 0 atom stereocenters. The third-order valence-corrected chi connectivity index (χ3v) is 6.36. The van der Waals surface area contributed by atoms with Gasteiger partial charge in [-0.2, -0.15) is 0 Å². The van der Waals surface area contributed by atoms with Crippen LogP contribution >= 0.6 is 0 Å². The molecule has 0 aromatic heterocycles. The fourth-order valence-corrected chi connectivity index (χ4v) is 4.79. The molecule has 1 heteroatoms. The second-order valence-electron chi connectivity index (χ2n) is 8.10. The van der Waals surface area contributed by atoms with Gasteiger partial charge in [0, 0.05) is 0 Å². The summed E-state index contributed by atoms with van der Waals surface area (Å²) in [7, 11) is 0. The first-order valence-electron chi connectivity index (χ1n) is 10.7. The molecule has 2 aliphatic rings. The summed E-state index contributed by atoms with van der Waals surface area (Å²) in [5, 5.41) is 0. The monoisotopic (exact) mass is 332 g/mol. The summed E-state index contributed by atoms with van der Waals surface area (Å²) in [6, 6.07) is 0. The number of unbranched alkanes of at least 4 members (excludes halogenated alkanes) is 2. The predicted molar refractivity (Wildman–Crippen MR) is 105 cm³/mol. The number of allylic oxidation sites excluding steroid dienone is 3. The van der Waals surface area contributed by atoms with Gasteiger partial charge in [0.2, 0.25) is 0 Å². The maximum absolute atomic E-state index is 6.02. The Bertz CT molecular complexity index is 354. The average Bonchev–Trinajstić information content (AvgIpc) is 2.63. The molecule has 0 heterocycles. The lowest BCUT2D eigenvalue weighted by molar-refractivity contribution is 0.0210. The van der Waals surface area contributed by atoms with Gasteiger partial charge in [0.1, 0.15) is 0 Å². The van der Waals surface area contributed by atoms with E-state index < -0.39 is 0 Å². The van der Waals surface area contributed by atoms with Gasteiger partial charge in [-0.15, -0.1) is 0 Å². The summed E-state index contributed by atoms with van der Waals surface area (Å²) in [5.74, 6) is 3.08. The minimum Gasteiger partial charge on any atom is -0.374 e. The molecule has 0 spiro atoms. The Kier molecular flexibility index (Phi) is 9.80. The first kappa shape index (κ1) is 19.8. The quantitative estimate of drug-likeness (QED) is 0.324. The fraction of sp³-hybridized carbons (Fsp3) is 0.826. The Hall–Kier alpha value is -0.560. The summed E-state index contributed by atoms with van der Waals surface area (Å²) in [6.45, 7) is 5.14. The Morgan fingerprint density at radius 1 is 0.833 bits per heavy atom. The number of rotatable bonds is 9. The Balaban J connectivity index is 1.58. The molecule has 0 aromatic rings. The zero-order valence-electron chi connectivity index (χ0n) is 16.2. The zero-order chi connectivity index (χ0) is 17.0. The van der Waals surface area contributed by atoms with Crippen molar-refractivity contribution in [2.45, 2.75) is 97.0 Å². The molecule has 0 N–H and O–H groups in total. The van der Waals surface area contributed by atoms with E-state index in [-0.39, 0.29) is 0 Å². The largest absolute Gasteiger partial charge is 0.374 e. The molecular formula is C23H40O. The van der Waals surface area contributed by atoms with Gasteiger partial charge < -0.3 is 4.74 Å². The second kappa shape index (κ2) is 11.9. The molecule has 2 aliphatic carbocycles. The lowest BCUT2D eigenvalue weighted by atomic mass is 9.70. The molecule has 0 amide bonds. The van der Waals surface area contributed by atoms with E-state index in [0.717, 1.165) is 24.4 Å². The third kappa shape index (κ3) is 7.13. The molecule has 0 saturated heterocycles. The maximum atomic E-state index is 6.02. The van der Waals surface area contributed by atoms with Crippen LogP contribution in [0.15, 0.2) is 24.3 Å². The van der Waals surface area contributed by atoms with Crippen LogP contribution in [0.3, 0.4) is 0 Å². The molecule has 0 radical (unpaired) electrons. The summed E-state index contributed by atoms with van der Waals surface area (Å²) in [4.78, 5) is 0. The van der Waals surface area contributed by atoms with Crippen LogP contribution in [0.5, 0.6) is 0 Å². The molecule has 24 heavy (non-hydrogen) atoms. The van der Waals surface area contributed by atoms with Crippen molar-refractivity contribution in [3.8, 4) is 0 Å². The topological polar surface area (TPSA) is 9.23 Å². The molecule has 2 rings (SSSR count). The van der Waals surface area contributed by atoms with Crippen molar-refractivity contribution in [1.82, 2.24) is 0 Å². The Morgan fingerprint density at radius 3 is 2.12 bits per heavy atom. The zero-order valence-corrected chi connectivity index (χ0v) is 16.2. The summed E-state index contributed by atoms with van der Waals surface area (Å²) in [5.41, 5.74) is 0. The van der Waals surface area contributed by atoms with Gasteiger partial charge in [-0.05, 0) is 63.2 Å². The van der Waals surface area contributed by atoms with Crippen molar-refractivity contribution in [1.29, 1.82) is 0 Å². The van der Waals surface area contributed by atoms with Crippen molar-refractivity contribution in [3.63, 3.8) is 0 Å². The van der Waals surface area contributed by atoms with E-state index in [1.807, 2.05) is 6.92 Å². The molecule has 2 fully saturated rings. The van der Waals surface area contributed by atoms with E-state index in [1.54, 1.807) is 0 Å². The maximum Gasteiger partial charge on any atom is 0.0654 e. The van der Waals surface area contributed by atoms with Gasteiger partial charge in [-0.3, -0.25) is 0 Å². The number of hydrogen-bond acceptors (Lipinski definition) is 1. The number of hydrogen-bond donors (Lipinski definition) is 0. The van der Waals surface area contributed by atoms with Gasteiger partial charge in [-0.1, -0.05) is 69.8 Å².